The van der Waals surface area contributed by atoms with Gasteiger partial charge in [0.25, 0.3) is 0 Å². The highest BCUT2D eigenvalue weighted by Crippen LogP contribution is 2.28. The van der Waals surface area contributed by atoms with E-state index < -0.39 is 0 Å². The van der Waals surface area contributed by atoms with Crippen molar-refractivity contribution in [1.82, 2.24) is 0 Å². The Morgan fingerprint density at radius 1 is 1.38 bits per heavy atom. The first kappa shape index (κ1) is 10.2. The van der Waals surface area contributed by atoms with Crippen molar-refractivity contribution < 1.29 is 0 Å². The molecule has 0 bridgehead atoms. The van der Waals surface area contributed by atoms with Crippen molar-refractivity contribution >= 4 is 11.8 Å². The monoisotopic (exact) mass is 190 g/mol. The molecule has 0 saturated carbocycles. The zero-order valence-corrected chi connectivity index (χ0v) is 9.16. The molecule has 0 nitrogen and oxygen atoms in total. The Morgan fingerprint density at radius 3 is 2.62 bits per heavy atom. The predicted molar refractivity (Wildman–Crippen MR) is 60.1 cm³/mol. The molecule has 0 N–H and O–H groups in total. The van der Waals surface area contributed by atoms with Crippen LogP contribution in [0, 0.1) is 13.8 Å². The number of rotatable bonds is 2. The molecule has 0 aliphatic carbocycles. The number of allylic oxidation sites excluding steroid dienone is 1. The standard InChI is InChI=1S/C12H14S/c1-5-11(4)13-12-7-6-9(2)8-10(12)3/h6-8H,1H2,2-4H3. The fourth-order valence-electron chi connectivity index (χ4n) is 1.11. The summed E-state index contributed by atoms with van der Waals surface area (Å²) in [6, 6.07) is 6.47. The van der Waals surface area contributed by atoms with Crippen LogP contribution in [0.25, 0.3) is 0 Å². The van der Waals surface area contributed by atoms with Crippen molar-refractivity contribution in [3.63, 3.8) is 0 Å². The fraction of sp³-hybridized carbons (Fsp3) is 0.250. The smallest absolute Gasteiger partial charge is 0.0278 e. The van der Waals surface area contributed by atoms with Gasteiger partial charge in [-0.25, -0.2) is 0 Å². The number of hydrogen-bond donors (Lipinski definition) is 0. The van der Waals surface area contributed by atoms with Gasteiger partial charge in [-0.3, -0.25) is 0 Å². The number of hydrogen-bond acceptors (Lipinski definition) is 1. The van der Waals surface area contributed by atoms with E-state index in [0.717, 1.165) is 4.91 Å². The van der Waals surface area contributed by atoms with E-state index in [1.807, 2.05) is 6.92 Å². The number of aryl methyl sites for hydroxylation is 2. The summed E-state index contributed by atoms with van der Waals surface area (Å²) in [5.41, 5.74) is 5.51. The van der Waals surface area contributed by atoms with Crippen molar-refractivity contribution in [3.8, 4) is 0 Å². The van der Waals surface area contributed by atoms with Crippen molar-refractivity contribution in [2.75, 3.05) is 0 Å². The van der Waals surface area contributed by atoms with Crippen LogP contribution < -0.4 is 0 Å². The third kappa shape index (κ3) is 2.80. The first-order valence-electron chi connectivity index (χ1n) is 4.25. The van der Waals surface area contributed by atoms with E-state index in [-0.39, 0.29) is 0 Å². The van der Waals surface area contributed by atoms with Crippen LogP contribution in [0.4, 0.5) is 0 Å². The van der Waals surface area contributed by atoms with E-state index in [1.165, 1.54) is 16.0 Å². The lowest BCUT2D eigenvalue weighted by molar-refractivity contribution is 1.26. The van der Waals surface area contributed by atoms with Crippen LogP contribution in [0.15, 0.2) is 40.3 Å². The summed E-state index contributed by atoms with van der Waals surface area (Å²) >= 11 is 1.72. The molecule has 0 fully saturated rings. The van der Waals surface area contributed by atoms with E-state index in [1.54, 1.807) is 11.8 Å². The molecule has 13 heavy (non-hydrogen) atoms. The Bertz CT molecular complexity index is 357. The van der Waals surface area contributed by atoms with Crippen LogP contribution in [-0.2, 0) is 0 Å². The van der Waals surface area contributed by atoms with Crippen LogP contribution >= 0.6 is 11.8 Å². The summed E-state index contributed by atoms with van der Waals surface area (Å²) in [5, 5.41) is 0. The van der Waals surface area contributed by atoms with Crippen molar-refractivity contribution in [2.24, 2.45) is 0 Å². The van der Waals surface area contributed by atoms with Crippen molar-refractivity contribution in [3.05, 3.63) is 46.5 Å². The minimum Gasteiger partial charge on any atom is -0.118 e. The molecule has 0 heterocycles. The van der Waals surface area contributed by atoms with Gasteiger partial charge in [0.2, 0.25) is 0 Å². The van der Waals surface area contributed by atoms with Crippen molar-refractivity contribution in [1.29, 1.82) is 0 Å². The van der Waals surface area contributed by atoms with Crippen LogP contribution in [0.1, 0.15) is 18.1 Å². The van der Waals surface area contributed by atoms with Crippen LogP contribution in [0.3, 0.4) is 0 Å². The normalized spacial score (nSPS) is 9.46. The zero-order chi connectivity index (χ0) is 9.84. The number of benzene rings is 1. The van der Waals surface area contributed by atoms with Gasteiger partial charge >= 0.3 is 0 Å². The minimum absolute atomic E-state index is 1.12. The Morgan fingerprint density at radius 2 is 2.08 bits per heavy atom. The molecule has 1 aromatic rings. The fourth-order valence-corrected chi connectivity index (χ4v) is 1.87. The summed E-state index contributed by atoms with van der Waals surface area (Å²) < 4.78 is 0. The molecule has 0 aliphatic heterocycles. The van der Waals surface area contributed by atoms with E-state index in [9.17, 15) is 0 Å². The van der Waals surface area contributed by atoms with Crippen LogP contribution in [0.5, 0.6) is 0 Å². The maximum absolute atomic E-state index is 3.62. The summed E-state index contributed by atoms with van der Waals surface area (Å²) in [4.78, 5) is 2.41. The minimum atomic E-state index is 1.12. The molecule has 0 aliphatic rings. The molecule has 0 radical (unpaired) electrons. The van der Waals surface area contributed by atoms with E-state index in [0.29, 0.717) is 0 Å². The summed E-state index contributed by atoms with van der Waals surface area (Å²) in [5.74, 6) is 0. The van der Waals surface area contributed by atoms with Gasteiger partial charge in [0, 0.05) is 9.80 Å². The highest BCUT2D eigenvalue weighted by atomic mass is 32.2. The van der Waals surface area contributed by atoms with Gasteiger partial charge < -0.3 is 0 Å². The average Bonchev–Trinajstić information content (AvgIpc) is 2.09. The molecular formula is C12H14S. The quantitative estimate of drug-likeness (QED) is 0.500. The zero-order valence-electron chi connectivity index (χ0n) is 8.35. The van der Waals surface area contributed by atoms with Gasteiger partial charge in [-0.15, -0.1) is 5.73 Å². The van der Waals surface area contributed by atoms with Crippen LogP contribution in [0.2, 0.25) is 0 Å². The molecule has 1 aromatic carbocycles. The summed E-state index contributed by atoms with van der Waals surface area (Å²) in [7, 11) is 0. The first-order chi connectivity index (χ1) is 6.13. The Balaban J connectivity index is 2.96. The second-order valence-electron chi connectivity index (χ2n) is 3.10. The van der Waals surface area contributed by atoms with E-state index in [4.69, 9.17) is 0 Å². The molecule has 68 valence electrons. The molecular weight excluding hydrogens is 176 g/mol. The first-order valence-corrected chi connectivity index (χ1v) is 5.07. The molecule has 1 rings (SSSR count). The molecule has 0 aromatic heterocycles. The number of thioether (sulfide) groups is 1. The maximum atomic E-state index is 3.62. The van der Waals surface area contributed by atoms with Gasteiger partial charge in [-0.2, -0.15) is 0 Å². The summed E-state index contributed by atoms with van der Waals surface area (Å²) in [6.45, 7) is 9.89. The molecule has 0 saturated heterocycles. The Kier molecular flexibility index (Phi) is 3.41. The maximum Gasteiger partial charge on any atom is 0.0278 e. The van der Waals surface area contributed by atoms with Crippen molar-refractivity contribution in [2.45, 2.75) is 25.7 Å². The SMILES string of the molecule is C=C=C(C)Sc1ccc(C)cc1C. The van der Waals surface area contributed by atoms with E-state index in [2.05, 4.69) is 44.4 Å². The Hall–Kier alpha value is -0.910. The van der Waals surface area contributed by atoms with Gasteiger partial charge in [0.1, 0.15) is 0 Å². The lowest BCUT2D eigenvalue weighted by atomic mass is 10.2. The lowest BCUT2D eigenvalue weighted by Gasteiger charge is -2.04. The predicted octanol–water partition coefficient (Wildman–Crippen LogP) is 4.08. The van der Waals surface area contributed by atoms with Crippen LogP contribution in [-0.4, -0.2) is 0 Å². The molecule has 0 amide bonds. The second-order valence-corrected chi connectivity index (χ2v) is 4.36. The largest absolute Gasteiger partial charge is 0.118 e. The molecule has 0 unspecified atom stereocenters. The highest BCUT2D eigenvalue weighted by molar-refractivity contribution is 8.03. The molecule has 0 spiro atoms. The average molecular weight is 190 g/mol. The Labute approximate surface area is 84.4 Å². The van der Waals surface area contributed by atoms with Gasteiger partial charge in [0.05, 0.1) is 0 Å². The van der Waals surface area contributed by atoms with Gasteiger partial charge in [0.15, 0.2) is 0 Å². The van der Waals surface area contributed by atoms with E-state index >= 15 is 0 Å². The molecule has 0 atom stereocenters. The lowest BCUT2D eigenvalue weighted by Crippen LogP contribution is -1.80. The van der Waals surface area contributed by atoms with Gasteiger partial charge in [-0.05, 0) is 32.4 Å². The third-order valence-electron chi connectivity index (χ3n) is 1.84. The second kappa shape index (κ2) is 4.36. The third-order valence-corrected chi connectivity index (χ3v) is 2.97. The van der Waals surface area contributed by atoms with Gasteiger partial charge in [-0.1, -0.05) is 36.0 Å². The molecule has 1 heteroatoms. The summed E-state index contributed by atoms with van der Waals surface area (Å²) in [6.07, 6.45) is 0. The topological polar surface area (TPSA) is 0 Å². The highest BCUT2D eigenvalue weighted by Gasteiger charge is 1.99.